The molecular weight excluding hydrogens is 333 g/mol. The van der Waals surface area contributed by atoms with Crippen molar-refractivity contribution in [1.29, 1.82) is 0 Å². The van der Waals surface area contributed by atoms with E-state index < -0.39 is 15.8 Å². The Balaban J connectivity index is 1.72. The predicted molar refractivity (Wildman–Crippen MR) is 85.0 cm³/mol. The largest absolute Gasteiger partial charge is 0.454 e. The number of benzene rings is 2. The Bertz CT molecular complexity index is 896. The summed E-state index contributed by atoms with van der Waals surface area (Å²) in [5, 5.41) is 0. The smallest absolute Gasteiger partial charge is 0.243 e. The molecule has 5 nitrogen and oxygen atoms in total. The van der Waals surface area contributed by atoms with Crippen molar-refractivity contribution in [3.8, 4) is 11.5 Å². The van der Waals surface area contributed by atoms with Crippen LogP contribution in [0.1, 0.15) is 24.1 Å². The highest BCUT2D eigenvalue weighted by Gasteiger charge is 2.35. The Morgan fingerprint density at radius 1 is 1.12 bits per heavy atom. The van der Waals surface area contributed by atoms with Crippen LogP contribution in [0.2, 0.25) is 0 Å². The minimum Gasteiger partial charge on any atom is -0.454 e. The van der Waals surface area contributed by atoms with Crippen molar-refractivity contribution in [3.63, 3.8) is 0 Å². The lowest BCUT2D eigenvalue weighted by Gasteiger charge is -2.34. The van der Waals surface area contributed by atoms with E-state index in [1.54, 1.807) is 0 Å². The first-order valence-corrected chi connectivity index (χ1v) is 9.10. The second-order valence-corrected chi connectivity index (χ2v) is 7.79. The molecule has 0 saturated heterocycles. The zero-order valence-corrected chi connectivity index (χ0v) is 13.8. The van der Waals surface area contributed by atoms with E-state index in [1.165, 1.54) is 16.4 Å². The zero-order chi connectivity index (χ0) is 16.9. The number of rotatable bonds is 2. The maximum absolute atomic E-state index is 13.1. The summed E-state index contributed by atoms with van der Waals surface area (Å²) in [6, 6.07) is 8.36. The third kappa shape index (κ3) is 2.35. The first-order chi connectivity index (χ1) is 11.5. The Morgan fingerprint density at radius 3 is 2.50 bits per heavy atom. The van der Waals surface area contributed by atoms with Crippen molar-refractivity contribution in [3.05, 3.63) is 53.3 Å². The van der Waals surface area contributed by atoms with E-state index in [1.807, 2.05) is 19.1 Å². The molecule has 4 rings (SSSR count). The van der Waals surface area contributed by atoms with Gasteiger partial charge in [0.15, 0.2) is 11.5 Å². The fourth-order valence-electron chi connectivity index (χ4n) is 3.25. The third-order valence-corrected chi connectivity index (χ3v) is 6.52. The number of hydrogen-bond donors (Lipinski definition) is 0. The van der Waals surface area contributed by atoms with Gasteiger partial charge in [-0.2, -0.15) is 4.31 Å². The lowest BCUT2D eigenvalue weighted by molar-refractivity contribution is 0.174. The quantitative estimate of drug-likeness (QED) is 0.837. The minimum absolute atomic E-state index is 0.0972. The van der Waals surface area contributed by atoms with Crippen LogP contribution in [0, 0.1) is 5.82 Å². The Kier molecular flexibility index (Phi) is 3.51. The van der Waals surface area contributed by atoms with Crippen LogP contribution in [-0.2, 0) is 16.4 Å². The molecule has 2 aromatic carbocycles. The van der Waals surface area contributed by atoms with Crippen molar-refractivity contribution >= 4 is 10.0 Å². The highest BCUT2D eigenvalue weighted by atomic mass is 32.2. The molecule has 2 heterocycles. The standard InChI is InChI=1S/C17H16FNO4S/c1-11-15-9-17-16(22-10-23-17)8-12(15)6-7-19(11)24(20,21)14-4-2-13(18)3-5-14/h2-5,8-9,11H,6-7,10H2,1H3. The molecule has 24 heavy (non-hydrogen) atoms. The summed E-state index contributed by atoms with van der Waals surface area (Å²) in [6.07, 6.45) is 0.594. The lowest BCUT2D eigenvalue weighted by Crippen LogP contribution is -2.38. The van der Waals surface area contributed by atoms with E-state index in [0.717, 1.165) is 23.3 Å². The molecular formula is C17H16FNO4S. The van der Waals surface area contributed by atoms with Gasteiger partial charge in [-0.05, 0) is 60.9 Å². The number of nitrogens with zero attached hydrogens (tertiary/aromatic N) is 1. The van der Waals surface area contributed by atoms with Crippen molar-refractivity contribution in [1.82, 2.24) is 4.31 Å². The van der Waals surface area contributed by atoms with Gasteiger partial charge < -0.3 is 9.47 Å². The van der Waals surface area contributed by atoms with Crippen LogP contribution >= 0.6 is 0 Å². The molecule has 0 fully saturated rings. The van der Waals surface area contributed by atoms with Gasteiger partial charge in [0.05, 0.1) is 4.90 Å². The van der Waals surface area contributed by atoms with Crippen LogP contribution in [0.15, 0.2) is 41.3 Å². The highest BCUT2D eigenvalue weighted by Crippen LogP contribution is 2.41. The molecule has 0 bridgehead atoms. The summed E-state index contributed by atoms with van der Waals surface area (Å²) in [4.78, 5) is 0.0972. The molecule has 2 aliphatic rings. The Morgan fingerprint density at radius 2 is 1.79 bits per heavy atom. The van der Waals surface area contributed by atoms with Crippen LogP contribution in [0.5, 0.6) is 11.5 Å². The van der Waals surface area contributed by atoms with Gasteiger partial charge in [-0.15, -0.1) is 0 Å². The van der Waals surface area contributed by atoms with Gasteiger partial charge in [0.1, 0.15) is 5.82 Å². The highest BCUT2D eigenvalue weighted by molar-refractivity contribution is 7.89. The fourth-order valence-corrected chi connectivity index (χ4v) is 4.87. The first kappa shape index (κ1) is 15.4. The summed E-state index contributed by atoms with van der Waals surface area (Å²) >= 11 is 0. The summed E-state index contributed by atoms with van der Waals surface area (Å²) < 4.78 is 51.1. The fraction of sp³-hybridized carbons (Fsp3) is 0.294. The van der Waals surface area contributed by atoms with Crippen molar-refractivity contribution in [2.75, 3.05) is 13.3 Å². The van der Waals surface area contributed by atoms with Gasteiger partial charge in [0.25, 0.3) is 0 Å². The molecule has 0 radical (unpaired) electrons. The van der Waals surface area contributed by atoms with Crippen LogP contribution in [0.4, 0.5) is 4.39 Å². The van der Waals surface area contributed by atoms with E-state index >= 15 is 0 Å². The molecule has 0 aliphatic carbocycles. The van der Waals surface area contributed by atoms with Crippen molar-refractivity contribution in [2.45, 2.75) is 24.3 Å². The van der Waals surface area contributed by atoms with Gasteiger partial charge in [-0.1, -0.05) is 0 Å². The molecule has 1 unspecified atom stereocenters. The summed E-state index contributed by atoms with van der Waals surface area (Å²) in [6.45, 7) is 2.40. The maximum Gasteiger partial charge on any atom is 0.243 e. The number of fused-ring (bicyclic) bond motifs is 2. The normalized spacial score (nSPS) is 20.0. The summed E-state index contributed by atoms with van der Waals surface area (Å²) in [7, 11) is -3.69. The van der Waals surface area contributed by atoms with Gasteiger partial charge in [-0.3, -0.25) is 0 Å². The molecule has 0 amide bonds. The first-order valence-electron chi connectivity index (χ1n) is 7.66. The molecule has 2 aliphatic heterocycles. The Labute approximate surface area is 139 Å². The number of sulfonamides is 1. The van der Waals surface area contributed by atoms with Gasteiger partial charge in [0, 0.05) is 12.6 Å². The number of halogens is 1. The monoisotopic (exact) mass is 349 g/mol. The third-order valence-electron chi connectivity index (χ3n) is 4.54. The van der Waals surface area contributed by atoms with Crippen LogP contribution in [0.3, 0.4) is 0 Å². The molecule has 126 valence electrons. The molecule has 0 saturated carbocycles. The average molecular weight is 349 g/mol. The van der Waals surface area contributed by atoms with E-state index in [9.17, 15) is 12.8 Å². The van der Waals surface area contributed by atoms with Gasteiger partial charge >= 0.3 is 0 Å². The minimum atomic E-state index is -3.69. The maximum atomic E-state index is 13.1. The van der Waals surface area contributed by atoms with Crippen molar-refractivity contribution in [2.24, 2.45) is 0 Å². The number of ether oxygens (including phenoxy) is 2. The molecule has 7 heteroatoms. The molecule has 0 aromatic heterocycles. The van der Waals surface area contributed by atoms with E-state index in [4.69, 9.17) is 9.47 Å². The lowest BCUT2D eigenvalue weighted by atomic mass is 9.94. The summed E-state index contributed by atoms with van der Waals surface area (Å²) in [5.41, 5.74) is 1.98. The predicted octanol–water partition coefficient (Wildman–Crippen LogP) is 2.86. The van der Waals surface area contributed by atoms with E-state index in [2.05, 4.69) is 0 Å². The second kappa shape index (κ2) is 5.46. The van der Waals surface area contributed by atoms with E-state index in [-0.39, 0.29) is 17.7 Å². The topological polar surface area (TPSA) is 55.8 Å². The molecule has 1 atom stereocenters. The number of hydrogen-bond acceptors (Lipinski definition) is 4. The Hall–Kier alpha value is -2.12. The van der Waals surface area contributed by atoms with Crippen LogP contribution < -0.4 is 9.47 Å². The molecule has 2 aromatic rings. The van der Waals surface area contributed by atoms with Gasteiger partial charge in [0.2, 0.25) is 16.8 Å². The van der Waals surface area contributed by atoms with E-state index in [0.29, 0.717) is 24.5 Å². The molecule has 0 spiro atoms. The average Bonchev–Trinajstić information content (AvgIpc) is 3.01. The zero-order valence-electron chi connectivity index (χ0n) is 13.0. The SMILES string of the molecule is CC1c2cc3c(cc2CCN1S(=O)(=O)c1ccc(F)cc1)OCO3. The molecule has 0 N–H and O–H groups in total. The van der Waals surface area contributed by atoms with Crippen LogP contribution in [-0.4, -0.2) is 26.1 Å². The van der Waals surface area contributed by atoms with Gasteiger partial charge in [-0.25, -0.2) is 12.8 Å². The second-order valence-electron chi connectivity index (χ2n) is 5.90. The summed E-state index contributed by atoms with van der Waals surface area (Å²) in [5.74, 6) is 0.885. The van der Waals surface area contributed by atoms with Crippen molar-refractivity contribution < 1.29 is 22.3 Å². The van der Waals surface area contributed by atoms with Crippen LogP contribution in [0.25, 0.3) is 0 Å².